The van der Waals surface area contributed by atoms with E-state index in [0.717, 1.165) is 6.42 Å². The molecule has 2 unspecified atom stereocenters. The molecule has 0 aromatic rings. The van der Waals surface area contributed by atoms with Crippen LogP contribution in [0, 0.1) is 18.3 Å². The molecule has 4 nitrogen and oxygen atoms in total. The van der Waals surface area contributed by atoms with Gasteiger partial charge in [-0.2, -0.15) is 0 Å². The maximum Gasteiger partial charge on any atom is 0.227 e. The summed E-state index contributed by atoms with van der Waals surface area (Å²) in [6.07, 6.45) is 6.59. The van der Waals surface area contributed by atoms with Crippen LogP contribution in [0.15, 0.2) is 0 Å². The summed E-state index contributed by atoms with van der Waals surface area (Å²) in [6.45, 7) is 1.52. The lowest BCUT2D eigenvalue weighted by Crippen LogP contribution is -2.41. The Labute approximate surface area is 84.2 Å². The van der Waals surface area contributed by atoms with Crippen LogP contribution >= 0.6 is 0 Å². The largest absolute Gasteiger partial charge is 0.379 e. The second-order valence-electron chi connectivity index (χ2n) is 3.41. The summed E-state index contributed by atoms with van der Waals surface area (Å²) in [4.78, 5) is 11.5. The SMILES string of the molecule is C#CCCCNC(=O)C1COCC1N. The smallest absolute Gasteiger partial charge is 0.227 e. The molecule has 14 heavy (non-hydrogen) atoms. The fourth-order valence-corrected chi connectivity index (χ4v) is 1.37. The van der Waals surface area contributed by atoms with E-state index in [0.29, 0.717) is 26.2 Å². The maximum absolute atomic E-state index is 11.5. The minimum absolute atomic E-state index is 0.0213. The Kier molecular flexibility index (Phi) is 4.44. The number of terminal acetylenes is 1. The number of nitrogens with two attached hydrogens (primary N) is 1. The molecule has 1 aliphatic heterocycles. The molecule has 1 heterocycles. The third-order valence-electron chi connectivity index (χ3n) is 2.26. The van der Waals surface area contributed by atoms with E-state index in [1.54, 1.807) is 0 Å². The third kappa shape index (κ3) is 3.02. The summed E-state index contributed by atoms with van der Waals surface area (Å²) < 4.78 is 5.10. The number of amides is 1. The highest BCUT2D eigenvalue weighted by molar-refractivity contribution is 5.79. The summed E-state index contributed by atoms with van der Waals surface area (Å²) in [5, 5.41) is 2.80. The predicted octanol–water partition coefficient (Wildman–Crippen LogP) is -0.510. The second-order valence-corrected chi connectivity index (χ2v) is 3.41. The minimum Gasteiger partial charge on any atom is -0.379 e. The zero-order valence-electron chi connectivity index (χ0n) is 8.16. The van der Waals surface area contributed by atoms with Gasteiger partial charge >= 0.3 is 0 Å². The molecular weight excluding hydrogens is 180 g/mol. The van der Waals surface area contributed by atoms with Crippen molar-refractivity contribution in [2.24, 2.45) is 11.7 Å². The highest BCUT2D eigenvalue weighted by Crippen LogP contribution is 2.11. The van der Waals surface area contributed by atoms with Gasteiger partial charge in [0, 0.05) is 19.0 Å². The number of hydrogen-bond donors (Lipinski definition) is 2. The van der Waals surface area contributed by atoms with Gasteiger partial charge in [0.05, 0.1) is 19.1 Å². The highest BCUT2D eigenvalue weighted by Gasteiger charge is 2.30. The van der Waals surface area contributed by atoms with Crippen LogP contribution in [0.5, 0.6) is 0 Å². The Bertz CT molecular complexity index is 235. The lowest BCUT2D eigenvalue weighted by Gasteiger charge is -2.12. The first-order valence-electron chi connectivity index (χ1n) is 4.80. The number of rotatable bonds is 4. The molecule has 0 radical (unpaired) electrons. The van der Waals surface area contributed by atoms with Crippen molar-refractivity contribution >= 4 is 5.91 Å². The monoisotopic (exact) mass is 196 g/mol. The molecule has 1 amide bonds. The van der Waals surface area contributed by atoms with Gasteiger partial charge in [-0.1, -0.05) is 0 Å². The molecule has 0 aliphatic carbocycles. The zero-order valence-corrected chi connectivity index (χ0v) is 8.16. The van der Waals surface area contributed by atoms with E-state index in [-0.39, 0.29) is 17.9 Å². The summed E-state index contributed by atoms with van der Waals surface area (Å²) in [6, 6.07) is -0.164. The molecule has 78 valence electrons. The van der Waals surface area contributed by atoms with Crippen molar-refractivity contribution in [2.45, 2.75) is 18.9 Å². The third-order valence-corrected chi connectivity index (χ3v) is 2.26. The Hall–Kier alpha value is -1.05. The van der Waals surface area contributed by atoms with Gasteiger partial charge in [-0.3, -0.25) is 4.79 Å². The second kappa shape index (κ2) is 5.63. The van der Waals surface area contributed by atoms with Crippen LogP contribution in [0.2, 0.25) is 0 Å². The molecule has 0 saturated carbocycles. The quantitative estimate of drug-likeness (QED) is 0.470. The average Bonchev–Trinajstić information content (AvgIpc) is 2.59. The molecule has 0 aromatic heterocycles. The first kappa shape index (κ1) is 11.0. The van der Waals surface area contributed by atoms with E-state index in [4.69, 9.17) is 16.9 Å². The first-order valence-corrected chi connectivity index (χ1v) is 4.80. The topological polar surface area (TPSA) is 64.3 Å². The van der Waals surface area contributed by atoms with E-state index >= 15 is 0 Å². The fraction of sp³-hybridized carbons (Fsp3) is 0.700. The Morgan fingerprint density at radius 2 is 2.43 bits per heavy atom. The number of unbranched alkanes of at least 4 members (excludes halogenated alkanes) is 1. The van der Waals surface area contributed by atoms with Gasteiger partial charge in [0.2, 0.25) is 5.91 Å². The van der Waals surface area contributed by atoms with Crippen LogP contribution in [0.1, 0.15) is 12.8 Å². The molecule has 1 aliphatic rings. The molecule has 4 heteroatoms. The number of carbonyl (C=O) groups excluding carboxylic acids is 1. The average molecular weight is 196 g/mol. The van der Waals surface area contributed by atoms with Crippen molar-refractivity contribution in [1.29, 1.82) is 0 Å². The van der Waals surface area contributed by atoms with Gasteiger partial charge in [-0.05, 0) is 6.42 Å². The molecule has 2 atom stereocenters. The van der Waals surface area contributed by atoms with E-state index in [1.807, 2.05) is 0 Å². The van der Waals surface area contributed by atoms with E-state index in [1.165, 1.54) is 0 Å². The Balaban J connectivity index is 2.18. The lowest BCUT2D eigenvalue weighted by atomic mass is 10.0. The number of ether oxygens (including phenoxy) is 1. The van der Waals surface area contributed by atoms with Gasteiger partial charge in [-0.15, -0.1) is 12.3 Å². The number of carbonyl (C=O) groups is 1. The Morgan fingerprint density at radius 3 is 3.00 bits per heavy atom. The van der Waals surface area contributed by atoms with Crippen molar-refractivity contribution < 1.29 is 9.53 Å². The molecule has 0 spiro atoms. The zero-order chi connectivity index (χ0) is 10.4. The lowest BCUT2D eigenvalue weighted by molar-refractivity contribution is -0.125. The highest BCUT2D eigenvalue weighted by atomic mass is 16.5. The van der Waals surface area contributed by atoms with Gasteiger partial charge in [-0.25, -0.2) is 0 Å². The van der Waals surface area contributed by atoms with Crippen LogP contribution in [-0.2, 0) is 9.53 Å². The number of nitrogens with one attached hydrogen (secondary N) is 1. The molecular formula is C10H16N2O2. The van der Waals surface area contributed by atoms with Crippen molar-refractivity contribution in [3.8, 4) is 12.3 Å². The normalized spacial score (nSPS) is 25.7. The maximum atomic E-state index is 11.5. The predicted molar refractivity (Wildman–Crippen MR) is 53.4 cm³/mol. The van der Waals surface area contributed by atoms with E-state index in [9.17, 15) is 4.79 Å². The van der Waals surface area contributed by atoms with Crippen molar-refractivity contribution in [3.63, 3.8) is 0 Å². The van der Waals surface area contributed by atoms with Crippen molar-refractivity contribution in [1.82, 2.24) is 5.32 Å². The standard InChI is InChI=1S/C10H16N2O2/c1-2-3-4-5-12-10(13)8-6-14-7-9(8)11/h1,8-9H,3-7,11H2,(H,12,13). The molecule has 1 fully saturated rings. The molecule has 0 bridgehead atoms. The first-order chi connectivity index (χ1) is 6.75. The van der Waals surface area contributed by atoms with Crippen LogP contribution in [-0.4, -0.2) is 31.7 Å². The van der Waals surface area contributed by atoms with Crippen molar-refractivity contribution in [2.75, 3.05) is 19.8 Å². The Morgan fingerprint density at radius 1 is 1.64 bits per heavy atom. The fourth-order valence-electron chi connectivity index (χ4n) is 1.37. The molecule has 1 saturated heterocycles. The molecule has 3 N–H and O–H groups in total. The van der Waals surface area contributed by atoms with Crippen LogP contribution in [0.25, 0.3) is 0 Å². The molecule has 1 rings (SSSR count). The van der Waals surface area contributed by atoms with Gasteiger partial charge < -0.3 is 15.8 Å². The summed E-state index contributed by atoms with van der Waals surface area (Å²) in [5.41, 5.74) is 5.69. The molecule has 0 aromatic carbocycles. The summed E-state index contributed by atoms with van der Waals surface area (Å²) >= 11 is 0. The van der Waals surface area contributed by atoms with Crippen molar-refractivity contribution in [3.05, 3.63) is 0 Å². The van der Waals surface area contributed by atoms with Gasteiger partial charge in [0.1, 0.15) is 0 Å². The van der Waals surface area contributed by atoms with E-state index < -0.39 is 0 Å². The summed E-state index contributed by atoms with van der Waals surface area (Å²) in [5.74, 6) is 2.30. The van der Waals surface area contributed by atoms with Crippen LogP contribution in [0.4, 0.5) is 0 Å². The van der Waals surface area contributed by atoms with Gasteiger partial charge in [0.25, 0.3) is 0 Å². The minimum atomic E-state index is -0.194. The van der Waals surface area contributed by atoms with Crippen LogP contribution in [0.3, 0.4) is 0 Å². The summed E-state index contributed by atoms with van der Waals surface area (Å²) in [7, 11) is 0. The van der Waals surface area contributed by atoms with E-state index in [2.05, 4.69) is 11.2 Å². The number of hydrogen-bond acceptors (Lipinski definition) is 3. The van der Waals surface area contributed by atoms with Crippen LogP contribution < -0.4 is 11.1 Å². The van der Waals surface area contributed by atoms with Gasteiger partial charge in [0.15, 0.2) is 0 Å².